The quantitative estimate of drug-likeness (QED) is 0.0962. The molecule has 0 aliphatic rings. The van der Waals surface area contributed by atoms with E-state index in [0.29, 0.717) is 25.0 Å². The van der Waals surface area contributed by atoms with Crippen molar-refractivity contribution in [3.05, 3.63) is 60.7 Å². The Labute approximate surface area is 251 Å². The highest BCUT2D eigenvalue weighted by molar-refractivity contribution is 8.93. The number of hydrogen-bond acceptors (Lipinski definition) is 4. The maximum atomic E-state index is 5.88. The summed E-state index contributed by atoms with van der Waals surface area (Å²) in [6, 6.07) is 19.6. The minimum atomic E-state index is 0. The number of anilines is 2. The second kappa shape index (κ2) is 25.9. The summed E-state index contributed by atoms with van der Waals surface area (Å²) in [4.78, 5) is 8.68. The lowest BCUT2D eigenvalue weighted by molar-refractivity contribution is 0.580. The van der Waals surface area contributed by atoms with Gasteiger partial charge in [0.05, 0.1) is 0 Å². The van der Waals surface area contributed by atoms with Crippen LogP contribution in [0, 0.1) is 0 Å². The van der Waals surface area contributed by atoms with E-state index < -0.39 is 0 Å². The maximum absolute atomic E-state index is 5.88. The molecule has 0 bridgehead atoms. The highest BCUT2D eigenvalue weighted by atomic mass is 79.9. The average molecular weight is 748 g/mol. The number of guanidine groups is 2. The van der Waals surface area contributed by atoms with E-state index in [2.05, 4.69) is 31.3 Å². The molecule has 0 spiro atoms. The van der Waals surface area contributed by atoms with E-state index in [1.807, 2.05) is 60.7 Å². The lowest BCUT2D eigenvalue weighted by Crippen LogP contribution is -2.25. The van der Waals surface area contributed by atoms with E-state index in [1.165, 1.54) is 0 Å². The van der Waals surface area contributed by atoms with Crippen molar-refractivity contribution in [2.75, 3.05) is 49.9 Å². The number of halogens is 4. The van der Waals surface area contributed by atoms with Gasteiger partial charge in [0.1, 0.15) is 0 Å². The van der Waals surface area contributed by atoms with Gasteiger partial charge in [-0.2, -0.15) is 0 Å². The van der Waals surface area contributed by atoms with Crippen LogP contribution in [0.1, 0.15) is 19.3 Å². The zero-order valence-corrected chi connectivity index (χ0v) is 26.7. The minimum Gasteiger partial charge on any atom is -0.370 e. The van der Waals surface area contributed by atoms with Crippen LogP contribution in [0.5, 0.6) is 0 Å². The first kappa shape index (κ1) is 38.4. The largest absolute Gasteiger partial charge is 0.370 e. The number of hydrogen-bond donors (Lipinski definition) is 6. The smallest absolute Gasteiger partial charge is 0.193 e. The van der Waals surface area contributed by atoms with Crippen molar-refractivity contribution in [3.63, 3.8) is 0 Å². The summed E-state index contributed by atoms with van der Waals surface area (Å²) in [6.07, 6.45) is 3.00. The molecule has 0 aliphatic heterocycles. The summed E-state index contributed by atoms with van der Waals surface area (Å²) < 4.78 is 0. The second-order valence-corrected chi connectivity index (χ2v) is 7.08. The van der Waals surface area contributed by atoms with Crippen molar-refractivity contribution < 1.29 is 0 Å². The molecule has 8 N–H and O–H groups in total. The molecule has 0 saturated carbocycles. The molecule has 12 heteroatoms. The molecule has 2 rings (SSSR count). The zero-order valence-electron chi connectivity index (χ0n) is 19.8. The van der Waals surface area contributed by atoms with Gasteiger partial charge in [0.15, 0.2) is 11.9 Å². The molecule has 0 amide bonds. The third kappa shape index (κ3) is 20.7. The predicted octanol–water partition coefficient (Wildman–Crippen LogP) is 4.50. The summed E-state index contributed by atoms with van der Waals surface area (Å²) in [7, 11) is 0. The van der Waals surface area contributed by atoms with Gasteiger partial charge >= 0.3 is 0 Å². The first-order valence-corrected chi connectivity index (χ1v) is 10.9. The summed E-state index contributed by atoms with van der Waals surface area (Å²) in [5.41, 5.74) is 13.7. The Balaban J connectivity index is -0.00000256. The van der Waals surface area contributed by atoms with Gasteiger partial charge in [-0.25, -0.2) is 0 Å². The molecule has 0 heterocycles. The fraction of sp³-hybridized carbons (Fsp3) is 0.391. The Kier molecular flexibility index (Phi) is 28.4. The molecule has 2 aromatic carbocycles. The topological polar surface area (TPSA) is 125 Å². The fourth-order valence-corrected chi connectivity index (χ4v) is 2.81. The summed E-state index contributed by atoms with van der Waals surface area (Å²) >= 11 is 0. The molecular weight excluding hydrogens is 708 g/mol. The van der Waals surface area contributed by atoms with Crippen molar-refractivity contribution in [2.45, 2.75) is 19.3 Å². The van der Waals surface area contributed by atoms with E-state index in [-0.39, 0.29) is 67.9 Å². The monoisotopic (exact) mass is 744 g/mol. The molecule has 8 nitrogen and oxygen atoms in total. The Morgan fingerprint density at radius 2 is 0.886 bits per heavy atom. The van der Waals surface area contributed by atoms with Crippen LogP contribution in [0.2, 0.25) is 0 Å². The predicted molar refractivity (Wildman–Crippen MR) is 174 cm³/mol. The number of aliphatic imine (C=N–C) groups is 2. The lowest BCUT2D eigenvalue weighted by atomic mass is 10.3. The van der Waals surface area contributed by atoms with Crippen LogP contribution in [0.15, 0.2) is 70.6 Å². The molecule has 0 atom stereocenters. The minimum absolute atomic E-state index is 0. The zero-order chi connectivity index (χ0) is 22.0. The number of rotatable bonds is 14. The Bertz CT molecular complexity index is 714. The first-order valence-electron chi connectivity index (χ1n) is 10.9. The van der Waals surface area contributed by atoms with Gasteiger partial charge in [-0.05, 0) is 69.7 Å². The molecule has 35 heavy (non-hydrogen) atoms. The standard InChI is InChI=1S/C23H36N8.4BrH/c24-22(30-20-10-3-1-4-11-20)28-18-8-16-26-14-7-15-27-17-9-19-29-23(25)31-21-12-5-2-6-13-21;;;;/h1-6,10-13,26-27H,7-9,14-19H2,(H3,24,28,30)(H3,25,29,31);4*1H. The first-order chi connectivity index (χ1) is 15.2. The Morgan fingerprint density at radius 3 is 1.26 bits per heavy atom. The van der Waals surface area contributed by atoms with Crippen LogP contribution in [0.4, 0.5) is 11.4 Å². The van der Waals surface area contributed by atoms with Crippen molar-refractivity contribution >= 4 is 91.2 Å². The third-order valence-corrected chi connectivity index (χ3v) is 4.39. The van der Waals surface area contributed by atoms with E-state index >= 15 is 0 Å². The normalized spacial score (nSPS) is 10.6. The van der Waals surface area contributed by atoms with E-state index in [4.69, 9.17) is 11.5 Å². The van der Waals surface area contributed by atoms with Gasteiger partial charge in [0.2, 0.25) is 0 Å². The number of nitrogens with zero attached hydrogens (tertiary/aromatic N) is 2. The number of nitrogens with one attached hydrogen (secondary N) is 4. The molecule has 0 radical (unpaired) electrons. The van der Waals surface area contributed by atoms with Gasteiger partial charge in [-0.15, -0.1) is 67.9 Å². The molecule has 0 aromatic heterocycles. The summed E-state index contributed by atoms with van der Waals surface area (Å²) in [5, 5.41) is 13.0. The molecule has 0 fully saturated rings. The molecule has 0 saturated heterocycles. The van der Waals surface area contributed by atoms with Crippen LogP contribution < -0.4 is 32.7 Å². The fourth-order valence-electron chi connectivity index (χ4n) is 2.81. The molecule has 0 aliphatic carbocycles. The van der Waals surface area contributed by atoms with Gasteiger partial charge in [-0.1, -0.05) is 36.4 Å². The van der Waals surface area contributed by atoms with E-state index in [0.717, 1.165) is 56.8 Å². The number of benzene rings is 2. The van der Waals surface area contributed by atoms with Gasteiger partial charge in [0, 0.05) is 24.5 Å². The van der Waals surface area contributed by atoms with E-state index in [1.54, 1.807) is 0 Å². The summed E-state index contributed by atoms with van der Waals surface area (Å²) in [6.45, 7) is 5.26. The molecule has 200 valence electrons. The molecule has 2 aromatic rings. The van der Waals surface area contributed by atoms with Crippen molar-refractivity contribution in [3.8, 4) is 0 Å². The van der Waals surface area contributed by atoms with Crippen LogP contribution in [0.3, 0.4) is 0 Å². The highest BCUT2D eigenvalue weighted by Crippen LogP contribution is 2.04. The van der Waals surface area contributed by atoms with Gasteiger partial charge in [-0.3, -0.25) is 9.98 Å². The average Bonchev–Trinajstić information content (AvgIpc) is 2.78. The van der Waals surface area contributed by atoms with Gasteiger partial charge in [0.25, 0.3) is 0 Å². The molecular formula is C23H40Br4N8. The maximum Gasteiger partial charge on any atom is 0.193 e. The number of para-hydroxylation sites is 2. The Hall–Kier alpha value is -1.18. The number of nitrogens with two attached hydrogens (primary N) is 2. The molecule has 0 unspecified atom stereocenters. The van der Waals surface area contributed by atoms with E-state index in [9.17, 15) is 0 Å². The van der Waals surface area contributed by atoms with Crippen LogP contribution in [-0.4, -0.2) is 51.2 Å². The van der Waals surface area contributed by atoms with Crippen LogP contribution in [-0.2, 0) is 0 Å². The highest BCUT2D eigenvalue weighted by Gasteiger charge is 1.95. The van der Waals surface area contributed by atoms with Crippen molar-refractivity contribution in [1.82, 2.24) is 10.6 Å². The second-order valence-electron chi connectivity index (χ2n) is 7.08. The lowest BCUT2D eigenvalue weighted by Gasteiger charge is -2.07. The van der Waals surface area contributed by atoms with Crippen molar-refractivity contribution in [1.29, 1.82) is 0 Å². The SMILES string of the molecule is Br.Br.Br.Br.NC(=NCCCNCCCNCCCN=C(N)Nc1ccccc1)Nc1ccccc1. The summed E-state index contributed by atoms with van der Waals surface area (Å²) in [5.74, 6) is 0.912. The van der Waals surface area contributed by atoms with Crippen molar-refractivity contribution in [2.24, 2.45) is 21.5 Å². The van der Waals surface area contributed by atoms with Crippen LogP contribution in [0.25, 0.3) is 0 Å². The van der Waals surface area contributed by atoms with Gasteiger partial charge < -0.3 is 32.7 Å². The Morgan fingerprint density at radius 1 is 0.543 bits per heavy atom. The van der Waals surface area contributed by atoms with Crippen LogP contribution >= 0.6 is 67.9 Å². The third-order valence-electron chi connectivity index (χ3n) is 4.39.